The molecule has 0 fully saturated rings. The topological polar surface area (TPSA) is 26.0 Å². The zero-order chi connectivity index (χ0) is 12.3. The Kier molecular flexibility index (Phi) is 4.03. The van der Waals surface area contributed by atoms with Gasteiger partial charge in [0.1, 0.15) is 0 Å². The average Bonchev–Trinajstić information content (AvgIpc) is 2.17. The number of rotatable bonds is 3. The Morgan fingerprint density at radius 3 is 1.94 bits per heavy atom. The summed E-state index contributed by atoms with van der Waals surface area (Å²) in [5, 5.41) is 0. The largest absolute Gasteiger partial charge is 0.330 e. The van der Waals surface area contributed by atoms with Gasteiger partial charge in [0.25, 0.3) is 0 Å². The predicted octanol–water partition coefficient (Wildman–Crippen LogP) is 3.29. The Balaban J connectivity index is 2.94. The molecule has 16 heavy (non-hydrogen) atoms. The molecule has 1 atom stereocenters. The minimum absolute atomic E-state index is 0.0213. The van der Waals surface area contributed by atoms with Crippen LogP contribution in [0.3, 0.4) is 0 Å². The van der Waals surface area contributed by atoms with Crippen LogP contribution in [0.25, 0.3) is 0 Å². The van der Waals surface area contributed by atoms with Crippen molar-refractivity contribution >= 4 is 0 Å². The molecule has 90 valence electrons. The molecule has 0 amide bonds. The van der Waals surface area contributed by atoms with Crippen molar-refractivity contribution < 1.29 is 8.78 Å². The average molecular weight is 227 g/mol. The van der Waals surface area contributed by atoms with E-state index in [1.54, 1.807) is 12.1 Å². The summed E-state index contributed by atoms with van der Waals surface area (Å²) in [7, 11) is 0. The van der Waals surface area contributed by atoms with Crippen molar-refractivity contribution in [3.8, 4) is 0 Å². The number of benzene rings is 1. The highest BCUT2D eigenvalue weighted by Crippen LogP contribution is 2.26. The normalized spacial score (nSPS) is 14.2. The minimum Gasteiger partial charge on any atom is -0.330 e. The number of halogens is 2. The van der Waals surface area contributed by atoms with Crippen LogP contribution in [0, 0.1) is 0 Å². The van der Waals surface area contributed by atoms with Gasteiger partial charge in [-0.15, -0.1) is 0 Å². The second-order valence-corrected chi connectivity index (χ2v) is 5.05. The molecule has 0 aliphatic heterocycles. The van der Waals surface area contributed by atoms with Crippen LogP contribution in [0.4, 0.5) is 8.78 Å². The summed E-state index contributed by atoms with van der Waals surface area (Å²) in [5.41, 5.74) is 7.15. The molecule has 1 aromatic carbocycles. The summed E-state index contributed by atoms with van der Waals surface area (Å²) in [6.07, 6.45) is -2.40. The van der Waals surface area contributed by atoms with E-state index in [1.807, 2.05) is 12.1 Å². The third kappa shape index (κ3) is 3.01. The predicted molar refractivity (Wildman–Crippen MR) is 62.9 cm³/mol. The van der Waals surface area contributed by atoms with Crippen LogP contribution in [0.2, 0.25) is 0 Å². The molecule has 0 spiro atoms. The van der Waals surface area contributed by atoms with Crippen LogP contribution >= 0.6 is 0 Å². The highest BCUT2D eigenvalue weighted by Gasteiger charge is 2.21. The van der Waals surface area contributed by atoms with Gasteiger partial charge >= 0.3 is 0 Å². The fraction of sp³-hybridized carbons (Fsp3) is 0.538. The van der Waals surface area contributed by atoms with Gasteiger partial charge in [0, 0.05) is 6.54 Å². The molecule has 0 saturated carbocycles. The molecule has 1 unspecified atom stereocenters. The van der Waals surface area contributed by atoms with E-state index in [-0.39, 0.29) is 12.0 Å². The molecular formula is C13H19F2N. The summed E-state index contributed by atoms with van der Waals surface area (Å²) in [5.74, 6) is -0.853. The zero-order valence-electron chi connectivity index (χ0n) is 10.0. The van der Waals surface area contributed by atoms with E-state index in [4.69, 9.17) is 5.73 Å². The number of nitrogens with two attached hydrogens (primary N) is 1. The zero-order valence-corrected chi connectivity index (χ0v) is 10.0. The van der Waals surface area contributed by atoms with Crippen LogP contribution < -0.4 is 5.73 Å². The van der Waals surface area contributed by atoms with Crippen molar-refractivity contribution in [2.45, 2.75) is 38.5 Å². The summed E-state index contributed by atoms with van der Waals surface area (Å²) in [4.78, 5) is 0. The molecule has 0 aliphatic rings. The van der Waals surface area contributed by atoms with Gasteiger partial charge < -0.3 is 5.73 Å². The quantitative estimate of drug-likeness (QED) is 0.842. The van der Waals surface area contributed by atoms with Gasteiger partial charge in [-0.2, -0.15) is 0 Å². The molecule has 0 radical (unpaired) electrons. The Hall–Kier alpha value is -0.960. The minimum atomic E-state index is -2.40. The second kappa shape index (κ2) is 4.91. The summed E-state index contributed by atoms with van der Waals surface area (Å²) in [6, 6.07) is 7.31. The first-order chi connectivity index (χ1) is 7.36. The van der Waals surface area contributed by atoms with E-state index in [2.05, 4.69) is 20.8 Å². The van der Waals surface area contributed by atoms with E-state index in [9.17, 15) is 8.78 Å². The standard InChI is InChI=1S/C13H19F2N/c1-13(2,3)10-6-4-9(5-7-10)11(8-16)12(14)15/h4-7,11-12H,8,16H2,1-3H3. The van der Waals surface area contributed by atoms with Crippen LogP contribution in [-0.4, -0.2) is 13.0 Å². The molecule has 0 aromatic heterocycles. The maximum atomic E-state index is 12.6. The van der Waals surface area contributed by atoms with Crippen molar-refractivity contribution in [3.05, 3.63) is 35.4 Å². The third-order valence-electron chi connectivity index (χ3n) is 2.76. The van der Waals surface area contributed by atoms with Crippen LogP contribution in [-0.2, 0) is 5.41 Å². The highest BCUT2D eigenvalue weighted by molar-refractivity contribution is 5.30. The molecule has 0 heterocycles. The second-order valence-electron chi connectivity index (χ2n) is 5.05. The summed E-state index contributed by atoms with van der Waals surface area (Å²) >= 11 is 0. The molecule has 1 rings (SSSR count). The lowest BCUT2D eigenvalue weighted by Gasteiger charge is -2.20. The fourth-order valence-corrected chi connectivity index (χ4v) is 1.61. The molecule has 0 bridgehead atoms. The van der Waals surface area contributed by atoms with E-state index in [0.717, 1.165) is 5.56 Å². The van der Waals surface area contributed by atoms with Gasteiger partial charge in [-0.3, -0.25) is 0 Å². The van der Waals surface area contributed by atoms with Crippen molar-refractivity contribution in [1.82, 2.24) is 0 Å². The lowest BCUT2D eigenvalue weighted by Crippen LogP contribution is -2.20. The van der Waals surface area contributed by atoms with E-state index >= 15 is 0 Å². The van der Waals surface area contributed by atoms with Crippen LogP contribution in [0.15, 0.2) is 24.3 Å². The lowest BCUT2D eigenvalue weighted by atomic mass is 9.85. The SMILES string of the molecule is CC(C)(C)c1ccc(C(CN)C(F)F)cc1. The Bertz CT molecular complexity index is 325. The molecule has 3 heteroatoms. The van der Waals surface area contributed by atoms with Gasteiger partial charge in [-0.05, 0) is 16.5 Å². The lowest BCUT2D eigenvalue weighted by molar-refractivity contribution is 0.117. The first kappa shape index (κ1) is 13.1. The molecule has 1 aromatic rings. The summed E-state index contributed by atoms with van der Waals surface area (Å²) < 4.78 is 25.3. The van der Waals surface area contributed by atoms with Gasteiger partial charge in [-0.25, -0.2) is 8.78 Å². The Labute approximate surface area is 95.7 Å². The van der Waals surface area contributed by atoms with Crippen molar-refractivity contribution in [3.63, 3.8) is 0 Å². The van der Waals surface area contributed by atoms with Gasteiger partial charge in [0.05, 0.1) is 5.92 Å². The number of hydrogen-bond donors (Lipinski definition) is 1. The first-order valence-electron chi connectivity index (χ1n) is 5.45. The molecule has 1 nitrogen and oxygen atoms in total. The molecule has 0 saturated heterocycles. The van der Waals surface area contributed by atoms with Crippen molar-refractivity contribution in [2.75, 3.05) is 6.54 Å². The molecule has 0 aliphatic carbocycles. The molecule has 2 N–H and O–H groups in total. The number of hydrogen-bond acceptors (Lipinski definition) is 1. The maximum Gasteiger partial charge on any atom is 0.246 e. The smallest absolute Gasteiger partial charge is 0.246 e. The monoisotopic (exact) mass is 227 g/mol. The first-order valence-corrected chi connectivity index (χ1v) is 5.45. The highest BCUT2D eigenvalue weighted by atomic mass is 19.3. The Morgan fingerprint density at radius 1 is 1.12 bits per heavy atom. The van der Waals surface area contributed by atoms with E-state index < -0.39 is 12.3 Å². The van der Waals surface area contributed by atoms with Crippen LogP contribution in [0.5, 0.6) is 0 Å². The van der Waals surface area contributed by atoms with Gasteiger partial charge in [0.15, 0.2) is 0 Å². The fourth-order valence-electron chi connectivity index (χ4n) is 1.61. The van der Waals surface area contributed by atoms with Gasteiger partial charge in [0.2, 0.25) is 6.43 Å². The van der Waals surface area contributed by atoms with E-state index in [1.165, 1.54) is 0 Å². The van der Waals surface area contributed by atoms with Crippen LogP contribution in [0.1, 0.15) is 37.8 Å². The summed E-state index contributed by atoms with van der Waals surface area (Å²) in [6.45, 7) is 6.26. The Morgan fingerprint density at radius 2 is 1.62 bits per heavy atom. The van der Waals surface area contributed by atoms with Gasteiger partial charge in [-0.1, -0.05) is 45.0 Å². The third-order valence-corrected chi connectivity index (χ3v) is 2.76. The van der Waals surface area contributed by atoms with Crippen molar-refractivity contribution in [2.24, 2.45) is 5.73 Å². The van der Waals surface area contributed by atoms with Crippen molar-refractivity contribution in [1.29, 1.82) is 0 Å². The molecular weight excluding hydrogens is 208 g/mol. The van der Waals surface area contributed by atoms with E-state index in [0.29, 0.717) is 5.56 Å². The number of alkyl halides is 2. The maximum absolute atomic E-state index is 12.6.